The normalized spacial score (nSPS) is 21.6. The molecule has 0 bridgehead atoms. The summed E-state index contributed by atoms with van der Waals surface area (Å²) < 4.78 is 27.6. The van der Waals surface area contributed by atoms with Gasteiger partial charge < -0.3 is 5.73 Å². The molecule has 2 N–H and O–H groups in total. The van der Waals surface area contributed by atoms with Crippen LogP contribution in [0, 0.1) is 5.92 Å². The van der Waals surface area contributed by atoms with Crippen LogP contribution in [0.2, 0.25) is 0 Å². The molecule has 0 saturated carbocycles. The molecule has 6 heteroatoms. The van der Waals surface area contributed by atoms with Crippen molar-refractivity contribution in [2.24, 2.45) is 5.92 Å². The molecule has 0 radical (unpaired) electrons. The summed E-state index contributed by atoms with van der Waals surface area (Å²) in [6.45, 7) is 3.40. The van der Waals surface area contributed by atoms with Crippen LogP contribution in [-0.4, -0.2) is 25.8 Å². The van der Waals surface area contributed by atoms with E-state index in [1.165, 1.54) is 0 Å². The van der Waals surface area contributed by atoms with E-state index in [-0.39, 0.29) is 0 Å². The lowest BCUT2D eigenvalue weighted by Gasteiger charge is -2.20. The van der Waals surface area contributed by atoms with Crippen molar-refractivity contribution in [3.05, 3.63) is 22.7 Å². The lowest BCUT2D eigenvalue weighted by molar-refractivity contribution is 0.407. The molecule has 1 aliphatic heterocycles. The first kappa shape index (κ1) is 15.8. The first-order chi connectivity index (χ1) is 9.45. The maximum atomic E-state index is 12.7. The number of halogens is 1. The molecular formula is C14H21BrN2O2S. The highest BCUT2D eigenvalue weighted by molar-refractivity contribution is 9.10. The van der Waals surface area contributed by atoms with Crippen molar-refractivity contribution in [3.63, 3.8) is 0 Å². The molecule has 20 heavy (non-hydrogen) atoms. The number of nitrogens with two attached hydrogens (primary N) is 1. The van der Waals surface area contributed by atoms with E-state index in [1.807, 2.05) is 0 Å². The fourth-order valence-corrected chi connectivity index (χ4v) is 4.66. The molecule has 0 aromatic heterocycles. The van der Waals surface area contributed by atoms with Crippen LogP contribution in [0.25, 0.3) is 0 Å². The predicted octanol–water partition coefficient (Wildman–Crippen LogP) is 3.23. The minimum absolute atomic E-state index is 0.313. The molecule has 1 aromatic carbocycles. The Balaban J connectivity index is 2.23. The smallest absolute Gasteiger partial charge is 0.243 e. The Kier molecular flexibility index (Phi) is 5.09. The quantitative estimate of drug-likeness (QED) is 0.841. The van der Waals surface area contributed by atoms with Crippen LogP contribution in [0.5, 0.6) is 0 Å². The molecule has 0 aliphatic carbocycles. The Morgan fingerprint density at radius 2 is 2.10 bits per heavy atom. The number of anilines is 1. The van der Waals surface area contributed by atoms with Crippen molar-refractivity contribution in [3.8, 4) is 0 Å². The summed E-state index contributed by atoms with van der Waals surface area (Å²) in [5.74, 6) is 0.647. The van der Waals surface area contributed by atoms with Gasteiger partial charge in [0.15, 0.2) is 0 Å². The summed E-state index contributed by atoms with van der Waals surface area (Å²) in [4.78, 5) is 0.313. The van der Waals surface area contributed by atoms with E-state index in [0.29, 0.717) is 34.1 Å². The number of benzene rings is 1. The number of rotatable bonds is 3. The average molecular weight is 361 g/mol. The molecule has 1 aliphatic rings. The van der Waals surface area contributed by atoms with Gasteiger partial charge in [-0.2, -0.15) is 4.31 Å². The van der Waals surface area contributed by atoms with Gasteiger partial charge in [0.1, 0.15) is 0 Å². The van der Waals surface area contributed by atoms with Crippen molar-refractivity contribution in [1.29, 1.82) is 0 Å². The van der Waals surface area contributed by atoms with Gasteiger partial charge in [0, 0.05) is 23.2 Å². The highest BCUT2D eigenvalue weighted by Crippen LogP contribution is 2.28. The summed E-state index contributed by atoms with van der Waals surface area (Å²) >= 11 is 3.29. The molecule has 2 rings (SSSR count). The molecule has 1 heterocycles. The van der Waals surface area contributed by atoms with Gasteiger partial charge in [0.2, 0.25) is 10.0 Å². The van der Waals surface area contributed by atoms with Crippen LogP contribution in [0.3, 0.4) is 0 Å². The molecular weight excluding hydrogens is 340 g/mol. The Bertz CT molecular complexity index is 575. The maximum absolute atomic E-state index is 12.7. The average Bonchev–Trinajstić information content (AvgIpc) is 2.67. The zero-order chi connectivity index (χ0) is 14.8. The van der Waals surface area contributed by atoms with Gasteiger partial charge >= 0.3 is 0 Å². The molecule has 0 spiro atoms. The highest BCUT2D eigenvalue weighted by Gasteiger charge is 2.27. The Hall–Kier alpha value is -0.590. The second kappa shape index (κ2) is 6.45. The van der Waals surface area contributed by atoms with Crippen molar-refractivity contribution in [2.45, 2.75) is 37.5 Å². The summed E-state index contributed by atoms with van der Waals surface area (Å²) in [6, 6.07) is 4.80. The van der Waals surface area contributed by atoms with E-state index in [0.717, 1.165) is 25.7 Å². The van der Waals surface area contributed by atoms with Crippen LogP contribution in [0.4, 0.5) is 5.69 Å². The van der Waals surface area contributed by atoms with Gasteiger partial charge in [-0.3, -0.25) is 0 Å². The standard InChI is InChI=1S/C14H21BrN2O2S/c1-2-11-4-3-8-17(9-7-11)20(18,19)12-5-6-14(16)13(15)10-12/h5-6,10-11H,2-4,7-9,16H2,1H3. The summed E-state index contributed by atoms with van der Waals surface area (Å²) in [7, 11) is -3.41. The van der Waals surface area contributed by atoms with Crippen LogP contribution in [0.15, 0.2) is 27.6 Å². The Labute approximate surface area is 129 Å². The van der Waals surface area contributed by atoms with Crippen LogP contribution in [-0.2, 0) is 10.0 Å². The molecule has 1 unspecified atom stereocenters. The van der Waals surface area contributed by atoms with Crippen LogP contribution < -0.4 is 5.73 Å². The third kappa shape index (κ3) is 3.35. The first-order valence-electron chi connectivity index (χ1n) is 7.00. The number of nitrogens with zero attached hydrogens (tertiary/aromatic N) is 1. The molecule has 1 saturated heterocycles. The van der Waals surface area contributed by atoms with E-state index >= 15 is 0 Å². The van der Waals surface area contributed by atoms with Crippen molar-refractivity contribution >= 4 is 31.6 Å². The monoisotopic (exact) mass is 360 g/mol. The molecule has 0 amide bonds. The fraction of sp³-hybridized carbons (Fsp3) is 0.571. The molecule has 1 aromatic rings. The third-order valence-corrected chi connectivity index (χ3v) is 6.58. The largest absolute Gasteiger partial charge is 0.398 e. The van der Waals surface area contributed by atoms with Gasteiger partial charge in [-0.1, -0.05) is 13.3 Å². The van der Waals surface area contributed by atoms with Crippen molar-refractivity contribution in [2.75, 3.05) is 18.8 Å². The van der Waals surface area contributed by atoms with E-state index in [9.17, 15) is 8.42 Å². The number of sulfonamides is 1. The lowest BCUT2D eigenvalue weighted by Crippen LogP contribution is -2.32. The summed E-state index contributed by atoms with van der Waals surface area (Å²) in [6.07, 6.45) is 4.13. The maximum Gasteiger partial charge on any atom is 0.243 e. The summed E-state index contributed by atoms with van der Waals surface area (Å²) in [5, 5.41) is 0. The van der Waals surface area contributed by atoms with Gasteiger partial charge in [0.05, 0.1) is 4.90 Å². The predicted molar refractivity (Wildman–Crippen MR) is 84.9 cm³/mol. The zero-order valence-electron chi connectivity index (χ0n) is 11.7. The van der Waals surface area contributed by atoms with Crippen molar-refractivity contribution < 1.29 is 8.42 Å². The Morgan fingerprint density at radius 1 is 1.35 bits per heavy atom. The van der Waals surface area contributed by atoms with E-state index < -0.39 is 10.0 Å². The highest BCUT2D eigenvalue weighted by atomic mass is 79.9. The molecule has 112 valence electrons. The second-order valence-corrected chi connectivity index (χ2v) is 8.08. The number of nitrogen functional groups attached to an aromatic ring is 1. The SMILES string of the molecule is CCC1CCCN(S(=O)(=O)c2ccc(N)c(Br)c2)CC1. The van der Waals surface area contributed by atoms with E-state index in [2.05, 4.69) is 22.9 Å². The number of hydrogen-bond donors (Lipinski definition) is 1. The molecule has 1 fully saturated rings. The molecule has 4 nitrogen and oxygen atoms in total. The third-order valence-electron chi connectivity index (χ3n) is 3.99. The van der Waals surface area contributed by atoms with Gasteiger partial charge in [-0.05, 0) is 59.3 Å². The van der Waals surface area contributed by atoms with Gasteiger partial charge in [-0.25, -0.2) is 8.42 Å². The first-order valence-corrected chi connectivity index (χ1v) is 9.23. The van der Waals surface area contributed by atoms with E-state index in [4.69, 9.17) is 5.73 Å². The zero-order valence-corrected chi connectivity index (χ0v) is 14.1. The van der Waals surface area contributed by atoms with Gasteiger partial charge in [0.25, 0.3) is 0 Å². The topological polar surface area (TPSA) is 63.4 Å². The lowest BCUT2D eigenvalue weighted by atomic mass is 9.98. The van der Waals surface area contributed by atoms with Crippen LogP contribution >= 0.6 is 15.9 Å². The molecule has 1 atom stereocenters. The summed E-state index contributed by atoms with van der Waals surface area (Å²) in [5.41, 5.74) is 6.26. The second-order valence-electron chi connectivity index (χ2n) is 5.29. The minimum atomic E-state index is -3.41. The Morgan fingerprint density at radius 3 is 2.75 bits per heavy atom. The van der Waals surface area contributed by atoms with Crippen LogP contribution in [0.1, 0.15) is 32.6 Å². The van der Waals surface area contributed by atoms with Crippen molar-refractivity contribution in [1.82, 2.24) is 4.31 Å². The van der Waals surface area contributed by atoms with Gasteiger partial charge in [-0.15, -0.1) is 0 Å². The minimum Gasteiger partial charge on any atom is -0.398 e. The van der Waals surface area contributed by atoms with E-state index in [1.54, 1.807) is 22.5 Å². The number of hydrogen-bond acceptors (Lipinski definition) is 3. The fourth-order valence-electron chi connectivity index (χ4n) is 2.61.